The molecule has 104 valence electrons. The number of benzene rings is 1. The lowest BCUT2D eigenvalue weighted by Gasteiger charge is -2.11. The molecule has 0 bridgehead atoms. The van der Waals surface area contributed by atoms with Crippen LogP contribution in [0.25, 0.3) is 0 Å². The van der Waals surface area contributed by atoms with E-state index < -0.39 is 0 Å². The molecule has 0 aliphatic heterocycles. The van der Waals surface area contributed by atoms with Crippen LogP contribution >= 0.6 is 0 Å². The molecule has 2 fully saturated rings. The Balaban J connectivity index is 1.42. The van der Waals surface area contributed by atoms with Crippen LogP contribution in [-0.2, 0) is 17.9 Å². The van der Waals surface area contributed by atoms with Gasteiger partial charge in [-0.25, -0.2) is 0 Å². The van der Waals surface area contributed by atoms with Gasteiger partial charge in [0.25, 0.3) is 0 Å². The summed E-state index contributed by atoms with van der Waals surface area (Å²) in [5, 5.41) is 3.56. The van der Waals surface area contributed by atoms with Crippen LogP contribution in [0.4, 0.5) is 0 Å². The van der Waals surface area contributed by atoms with E-state index in [2.05, 4.69) is 29.6 Å². The predicted molar refractivity (Wildman–Crippen MR) is 77.9 cm³/mol. The van der Waals surface area contributed by atoms with Crippen molar-refractivity contribution in [2.45, 2.75) is 57.7 Å². The van der Waals surface area contributed by atoms with E-state index in [-0.39, 0.29) is 0 Å². The molecule has 2 nitrogen and oxygen atoms in total. The summed E-state index contributed by atoms with van der Waals surface area (Å²) in [6.07, 6.45) is 8.23. The van der Waals surface area contributed by atoms with Gasteiger partial charge in [0.05, 0.1) is 6.61 Å². The van der Waals surface area contributed by atoms with Crippen molar-refractivity contribution in [1.29, 1.82) is 0 Å². The molecule has 0 spiro atoms. The van der Waals surface area contributed by atoms with Crippen LogP contribution in [0.3, 0.4) is 0 Å². The third-order valence-corrected chi connectivity index (χ3v) is 4.26. The molecule has 0 aromatic heterocycles. The molecule has 0 saturated heterocycles. The maximum atomic E-state index is 5.88. The summed E-state index contributed by atoms with van der Waals surface area (Å²) in [5.74, 6) is 0.819. The molecule has 3 rings (SSSR count). The van der Waals surface area contributed by atoms with E-state index in [1.54, 1.807) is 0 Å². The van der Waals surface area contributed by atoms with E-state index in [0.29, 0.717) is 0 Å². The highest BCUT2D eigenvalue weighted by atomic mass is 16.5. The molecule has 2 heteroatoms. The fraction of sp³-hybridized carbons (Fsp3) is 0.647. The Kier molecular flexibility index (Phi) is 4.52. The molecule has 1 aromatic rings. The molecule has 19 heavy (non-hydrogen) atoms. The van der Waals surface area contributed by atoms with E-state index in [1.807, 2.05) is 0 Å². The average Bonchev–Trinajstić information content (AvgIpc) is 3.13. The largest absolute Gasteiger partial charge is 0.376 e. The fourth-order valence-electron chi connectivity index (χ4n) is 2.90. The van der Waals surface area contributed by atoms with Crippen molar-refractivity contribution in [3.05, 3.63) is 35.4 Å². The number of rotatable bonds is 7. The van der Waals surface area contributed by atoms with Gasteiger partial charge in [0.2, 0.25) is 0 Å². The molecular weight excluding hydrogens is 234 g/mol. The van der Waals surface area contributed by atoms with Gasteiger partial charge in [-0.3, -0.25) is 0 Å². The first-order valence-corrected chi connectivity index (χ1v) is 7.79. The lowest BCUT2D eigenvalue weighted by atomic mass is 10.1. The van der Waals surface area contributed by atoms with Gasteiger partial charge >= 0.3 is 0 Å². The van der Waals surface area contributed by atoms with Crippen molar-refractivity contribution in [1.82, 2.24) is 5.32 Å². The summed E-state index contributed by atoms with van der Waals surface area (Å²) in [7, 11) is 0. The van der Waals surface area contributed by atoms with Gasteiger partial charge < -0.3 is 10.1 Å². The van der Waals surface area contributed by atoms with E-state index in [9.17, 15) is 0 Å². The Morgan fingerprint density at radius 3 is 2.63 bits per heavy atom. The zero-order valence-corrected chi connectivity index (χ0v) is 11.7. The second-order valence-corrected chi connectivity index (χ2v) is 6.14. The Morgan fingerprint density at radius 1 is 1.05 bits per heavy atom. The summed E-state index contributed by atoms with van der Waals surface area (Å²) in [6.45, 7) is 2.72. The Hall–Kier alpha value is -0.860. The summed E-state index contributed by atoms with van der Waals surface area (Å²) in [5.41, 5.74) is 2.70. The maximum Gasteiger partial charge on any atom is 0.0717 e. The fourth-order valence-corrected chi connectivity index (χ4v) is 2.90. The highest BCUT2D eigenvalue weighted by Gasteiger charge is 2.19. The molecule has 2 saturated carbocycles. The first-order chi connectivity index (χ1) is 9.40. The van der Waals surface area contributed by atoms with Gasteiger partial charge in [0.15, 0.2) is 0 Å². The quantitative estimate of drug-likeness (QED) is 0.807. The molecule has 0 unspecified atom stereocenters. The second-order valence-electron chi connectivity index (χ2n) is 6.14. The first-order valence-electron chi connectivity index (χ1n) is 7.79. The minimum atomic E-state index is 0.772. The van der Waals surface area contributed by atoms with Crippen molar-refractivity contribution >= 4 is 0 Å². The van der Waals surface area contributed by atoms with Crippen LogP contribution in [0.15, 0.2) is 24.3 Å². The SMILES string of the molecule is c1cc(CNC2CC2)cc(COCC2CCCC2)c1. The van der Waals surface area contributed by atoms with Gasteiger partial charge in [0.1, 0.15) is 0 Å². The molecule has 0 atom stereocenters. The maximum absolute atomic E-state index is 5.88. The molecule has 2 aliphatic rings. The highest BCUT2D eigenvalue weighted by molar-refractivity contribution is 5.23. The lowest BCUT2D eigenvalue weighted by Crippen LogP contribution is -2.15. The van der Waals surface area contributed by atoms with Crippen molar-refractivity contribution < 1.29 is 4.74 Å². The third kappa shape index (κ3) is 4.32. The van der Waals surface area contributed by atoms with Gasteiger partial charge in [-0.05, 0) is 42.7 Å². The summed E-state index contributed by atoms with van der Waals surface area (Å²) >= 11 is 0. The van der Waals surface area contributed by atoms with E-state index in [0.717, 1.165) is 31.7 Å². The van der Waals surface area contributed by atoms with E-state index in [4.69, 9.17) is 4.74 Å². The summed E-state index contributed by atoms with van der Waals surface area (Å²) in [4.78, 5) is 0. The number of nitrogens with one attached hydrogen (secondary N) is 1. The Labute approximate surface area is 116 Å². The smallest absolute Gasteiger partial charge is 0.0717 e. The Morgan fingerprint density at radius 2 is 1.84 bits per heavy atom. The van der Waals surface area contributed by atoms with Crippen LogP contribution in [-0.4, -0.2) is 12.6 Å². The van der Waals surface area contributed by atoms with Crippen molar-refractivity contribution in [3.8, 4) is 0 Å². The van der Waals surface area contributed by atoms with Gasteiger partial charge in [-0.2, -0.15) is 0 Å². The van der Waals surface area contributed by atoms with Gasteiger partial charge in [0, 0.05) is 19.2 Å². The zero-order valence-electron chi connectivity index (χ0n) is 11.7. The molecule has 0 heterocycles. The Bertz CT molecular complexity index is 394. The first kappa shape index (κ1) is 13.1. The average molecular weight is 259 g/mol. The van der Waals surface area contributed by atoms with Gasteiger partial charge in [-0.1, -0.05) is 37.1 Å². The molecule has 0 radical (unpaired) electrons. The highest BCUT2D eigenvalue weighted by Crippen LogP contribution is 2.25. The molecule has 1 aromatic carbocycles. The zero-order chi connectivity index (χ0) is 12.9. The van der Waals surface area contributed by atoms with E-state index >= 15 is 0 Å². The monoisotopic (exact) mass is 259 g/mol. The predicted octanol–water partition coefficient (Wildman–Crippen LogP) is 3.65. The van der Waals surface area contributed by atoms with Crippen molar-refractivity contribution in [2.75, 3.05) is 6.61 Å². The minimum absolute atomic E-state index is 0.772. The van der Waals surface area contributed by atoms with Crippen molar-refractivity contribution in [2.24, 2.45) is 5.92 Å². The number of ether oxygens (including phenoxy) is 1. The van der Waals surface area contributed by atoms with Crippen LogP contribution in [0.2, 0.25) is 0 Å². The van der Waals surface area contributed by atoms with Gasteiger partial charge in [-0.15, -0.1) is 0 Å². The van der Waals surface area contributed by atoms with Crippen LogP contribution in [0.5, 0.6) is 0 Å². The minimum Gasteiger partial charge on any atom is -0.376 e. The third-order valence-electron chi connectivity index (χ3n) is 4.26. The lowest BCUT2D eigenvalue weighted by molar-refractivity contribution is 0.0888. The summed E-state index contributed by atoms with van der Waals surface area (Å²) < 4.78 is 5.88. The van der Waals surface area contributed by atoms with Crippen molar-refractivity contribution in [3.63, 3.8) is 0 Å². The number of hydrogen-bond acceptors (Lipinski definition) is 2. The van der Waals surface area contributed by atoms with E-state index in [1.165, 1.54) is 49.7 Å². The van der Waals surface area contributed by atoms with Crippen LogP contribution < -0.4 is 5.32 Å². The summed E-state index contributed by atoms with van der Waals surface area (Å²) in [6, 6.07) is 9.59. The normalized spacial score (nSPS) is 20.0. The van der Waals surface area contributed by atoms with Crippen LogP contribution in [0.1, 0.15) is 49.7 Å². The standard InChI is InChI=1S/C17H25NO/c1-2-5-14(4-1)12-19-13-16-7-3-6-15(10-16)11-18-17-8-9-17/h3,6-7,10,14,17-18H,1-2,4-5,8-9,11-13H2. The molecule has 2 aliphatic carbocycles. The second kappa shape index (κ2) is 6.53. The molecule has 1 N–H and O–H groups in total. The number of hydrogen-bond donors (Lipinski definition) is 1. The molecular formula is C17H25NO. The van der Waals surface area contributed by atoms with Crippen LogP contribution in [0, 0.1) is 5.92 Å². The molecule has 0 amide bonds. The topological polar surface area (TPSA) is 21.3 Å².